The van der Waals surface area contributed by atoms with Crippen LogP contribution in [0.2, 0.25) is 15.1 Å². The smallest absolute Gasteiger partial charge is 0.276 e. The molecule has 29 heteroatoms. The molecule has 3 amide bonds. The van der Waals surface area contributed by atoms with Crippen LogP contribution in [0.25, 0.3) is 0 Å². The molecule has 0 atom stereocenters. The summed E-state index contributed by atoms with van der Waals surface area (Å²) in [5.41, 5.74) is 3.91. The second-order valence-corrected chi connectivity index (χ2v) is 20.8. The zero-order chi connectivity index (χ0) is 52.0. The molecule has 0 bridgehead atoms. The van der Waals surface area contributed by atoms with Gasteiger partial charge in [0.1, 0.15) is 45.4 Å². The number of aromatic nitrogens is 12. The molecule has 9 heterocycles. The minimum absolute atomic E-state index is 0. The van der Waals surface area contributed by atoms with Crippen molar-refractivity contribution in [3.8, 4) is 0 Å². The van der Waals surface area contributed by atoms with Crippen LogP contribution in [0, 0.1) is 0 Å². The summed E-state index contributed by atoms with van der Waals surface area (Å²) in [4.78, 5) is 79.4. The fourth-order valence-corrected chi connectivity index (χ4v) is 12.0. The van der Waals surface area contributed by atoms with Gasteiger partial charge in [0.25, 0.3) is 34.4 Å². The number of fused-ring (bicyclic) bond motifs is 6. The van der Waals surface area contributed by atoms with E-state index in [1.165, 1.54) is 60.3 Å². The van der Waals surface area contributed by atoms with E-state index < -0.39 is 17.0 Å². The molecule has 0 radical (unpaired) electrons. The van der Waals surface area contributed by atoms with Crippen molar-refractivity contribution in [3.63, 3.8) is 0 Å². The van der Waals surface area contributed by atoms with E-state index in [9.17, 15) is 28.8 Å². The lowest BCUT2D eigenvalue weighted by Crippen LogP contribution is -2.48. The molecule has 3 aliphatic heterocycles. The molecule has 24 nitrogen and oxygen atoms in total. The fraction of sp³-hybridized carbons (Fsp3) is 0.467. The van der Waals surface area contributed by atoms with E-state index in [0.717, 1.165) is 96.3 Å². The number of anilines is 5. The number of nitrogens with two attached hydrogens (primary N) is 1. The molecule has 6 aromatic heterocycles. The van der Waals surface area contributed by atoms with Crippen LogP contribution in [0.1, 0.15) is 128 Å². The number of carbonyl (C=O) groups excluding carboxylic acids is 3. The molecule has 6 aliphatic rings. The van der Waals surface area contributed by atoms with Gasteiger partial charge in [-0.15, -0.1) is 32.3 Å². The summed E-state index contributed by atoms with van der Waals surface area (Å²) in [6, 6.07) is 4.45. The first-order valence-corrected chi connectivity index (χ1v) is 25.7. The maximum Gasteiger partial charge on any atom is 0.276 e. The van der Waals surface area contributed by atoms with Crippen molar-refractivity contribution in [2.45, 2.75) is 113 Å². The third kappa shape index (κ3) is 10.3. The zero-order valence-corrected chi connectivity index (χ0v) is 46.0. The van der Waals surface area contributed by atoms with Gasteiger partial charge in [-0.3, -0.25) is 42.5 Å². The average Bonchev–Trinajstić information content (AvgIpc) is 4.21. The van der Waals surface area contributed by atoms with E-state index in [1.54, 1.807) is 25.7 Å². The minimum atomic E-state index is -0.661. The lowest BCUT2D eigenvalue weighted by molar-refractivity contribution is 0.0867. The Balaban J connectivity index is 0.000000139. The summed E-state index contributed by atoms with van der Waals surface area (Å²) in [7, 11) is 5.09. The number of rotatable bonds is 4. The van der Waals surface area contributed by atoms with Crippen LogP contribution in [0.3, 0.4) is 0 Å². The molecule has 7 N–H and O–H groups in total. The largest absolute Gasteiger partial charge is 0.381 e. The van der Waals surface area contributed by atoms with Crippen LogP contribution in [0.15, 0.2) is 55.6 Å². The Kier molecular flexibility index (Phi) is 15.8. The van der Waals surface area contributed by atoms with E-state index in [1.807, 2.05) is 0 Å². The summed E-state index contributed by atoms with van der Waals surface area (Å²) in [6.45, 7) is 0. The number of carbonyl (C=O) groups is 3. The van der Waals surface area contributed by atoms with Crippen LogP contribution < -0.4 is 49.0 Å². The van der Waals surface area contributed by atoms with Crippen molar-refractivity contribution in [2.75, 3.05) is 16.4 Å². The topological polar surface area (TPSA) is 296 Å². The Hall–Kier alpha value is -6.09. The molecule has 3 spiro atoms. The summed E-state index contributed by atoms with van der Waals surface area (Å²) in [6.07, 6.45) is 18.3. The standard InChI is InChI=1S/2C15H17ClN6O2.C12H12BrClN2O2.C3H6N4.BrH/c2*1-21-17-8-11(20-21)18-10-7-9(16)12-13(23)19-15(22(12)14(10)24)5-3-2-4-6-15;13-7-6-8(14)9-10(17)15-12(16(9)11(7)18)4-2-1-3-5-12;1-7-5-2-3(4)6-7;/h2*7-8H,2-6H2,1H3,(H,18,20)(H,19,23);6H,1-5H2,(H,15,17);2H,1H3,(H2,4,6);1H. The SMILES string of the molecule is Br.Cn1ncc(N)n1.Cn1ncc(Nc2cc(Cl)c3n(c2=O)C2(CCCCC2)NC3=O)n1.Cn1ncc(Nc2cc(Cl)c3n(c2=O)C2(CCCCC2)NC3=O)n1.O=C1NC2(CCCCC2)n2c1c(Cl)cc(Br)c2=O. The molecule has 0 unspecified atom stereocenters. The fourth-order valence-electron chi connectivity index (χ4n) is 10.6. The van der Waals surface area contributed by atoms with Gasteiger partial charge in [0, 0.05) is 21.1 Å². The Morgan fingerprint density at radius 2 is 0.838 bits per heavy atom. The summed E-state index contributed by atoms with van der Waals surface area (Å²) < 4.78 is 5.03. The van der Waals surface area contributed by atoms with Gasteiger partial charge in [0.15, 0.2) is 17.5 Å². The van der Waals surface area contributed by atoms with E-state index in [-0.39, 0.29) is 84.2 Å². The number of hydrogen-bond acceptors (Lipinski definition) is 15. The predicted octanol–water partition coefficient (Wildman–Crippen LogP) is 6.07. The van der Waals surface area contributed by atoms with Crippen LogP contribution in [-0.2, 0) is 38.1 Å². The quantitative estimate of drug-likeness (QED) is 0.117. The van der Waals surface area contributed by atoms with Gasteiger partial charge in [0.2, 0.25) is 0 Å². The third-order valence-corrected chi connectivity index (χ3v) is 15.2. The van der Waals surface area contributed by atoms with Crippen molar-refractivity contribution in [1.82, 2.24) is 74.6 Å². The molecular weight excluding hydrogens is 1150 g/mol. The van der Waals surface area contributed by atoms with Crippen LogP contribution in [0.5, 0.6) is 0 Å². The summed E-state index contributed by atoms with van der Waals surface area (Å²) in [5, 5.41) is 39.2. The van der Waals surface area contributed by atoms with E-state index in [4.69, 9.17) is 40.5 Å². The van der Waals surface area contributed by atoms with Gasteiger partial charge in [-0.1, -0.05) is 54.1 Å². The average molecular weight is 1210 g/mol. The summed E-state index contributed by atoms with van der Waals surface area (Å²) in [5.74, 6) is 0.534. The van der Waals surface area contributed by atoms with E-state index >= 15 is 0 Å². The first-order chi connectivity index (χ1) is 34.8. The molecule has 3 aliphatic carbocycles. The van der Waals surface area contributed by atoms with Crippen LogP contribution in [-0.4, -0.2) is 76.4 Å². The number of nitrogens with zero attached hydrogens (tertiary/aromatic N) is 12. The van der Waals surface area contributed by atoms with Crippen molar-refractivity contribution < 1.29 is 14.4 Å². The third-order valence-electron chi connectivity index (χ3n) is 13.8. The second kappa shape index (κ2) is 21.6. The number of aryl methyl sites for hydroxylation is 3. The van der Waals surface area contributed by atoms with Crippen molar-refractivity contribution >= 4 is 114 Å². The monoisotopic (exact) mass is 1200 g/mol. The molecule has 394 valence electrons. The maximum absolute atomic E-state index is 13.0. The lowest BCUT2D eigenvalue weighted by atomic mass is 9.89. The number of hydrogen-bond donors (Lipinski definition) is 6. The number of nitrogen functional groups attached to an aromatic ring is 1. The zero-order valence-electron chi connectivity index (χ0n) is 40.4. The molecule has 12 rings (SSSR count). The van der Waals surface area contributed by atoms with Gasteiger partial charge in [0.05, 0.1) is 38.1 Å². The Morgan fingerprint density at radius 3 is 1.14 bits per heavy atom. The highest BCUT2D eigenvalue weighted by atomic mass is 79.9. The lowest BCUT2D eigenvalue weighted by Gasteiger charge is -2.35. The van der Waals surface area contributed by atoms with Gasteiger partial charge >= 0.3 is 0 Å². The van der Waals surface area contributed by atoms with Crippen LogP contribution in [0.4, 0.5) is 28.8 Å². The Morgan fingerprint density at radius 1 is 0.514 bits per heavy atom. The molecule has 3 saturated carbocycles. The highest BCUT2D eigenvalue weighted by Gasteiger charge is 2.48. The maximum atomic E-state index is 13.0. The van der Waals surface area contributed by atoms with Gasteiger partial charge < -0.3 is 32.3 Å². The second-order valence-electron chi connectivity index (χ2n) is 18.7. The van der Waals surface area contributed by atoms with Crippen LogP contribution >= 0.6 is 67.7 Å². The number of halogens is 5. The highest BCUT2D eigenvalue weighted by molar-refractivity contribution is 9.10. The molecule has 6 aromatic rings. The molecule has 3 fully saturated rings. The first kappa shape index (κ1) is 54.2. The van der Waals surface area contributed by atoms with E-state index in [0.29, 0.717) is 32.6 Å². The summed E-state index contributed by atoms with van der Waals surface area (Å²) >= 11 is 21.9. The Labute approximate surface area is 455 Å². The van der Waals surface area contributed by atoms with Crippen molar-refractivity contribution in [1.29, 1.82) is 0 Å². The highest BCUT2D eigenvalue weighted by Crippen LogP contribution is 2.41. The molecule has 0 aromatic carbocycles. The van der Waals surface area contributed by atoms with E-state index in [2.05, 4.69) is 73.1 Å². The normalized spacial score (nSPS) is 18.0. The molecule has 74 heavy (non-hydrogen) atoms. The molecule has 0 saturated heterocycles. The van der Waals surface area contributed by atoms with Crippen molar-refractivity contribution in [2.24, 2.45) is 21.1 Å². The number of amides is 3. The Bertz CT molecular complexity index is 3170. The first-order valence-electron chi connectivity index (χ1n) is 23.7. The van der Waals surface area contributed by atoms with Gasteiger partial charge in [-0.2, -0.15) is 29.7 Å². The molecular formula is C45H53Br2Cl3N18O6. The number of pyridine rings is 3. The number of nitrogens with one attached hydrogen (secondary N) is 5. The van der Waals surface area contributed by atoms with Gasteiger partial charge in [-0.25, -0.2) is 0 Å². The van der Waals surface area contributed by atoms with Crippen molar-refractivity contribution in [3.05, 3.63) is 104 Å². The minimum Gasteiger partial charge on any atom is -0.381 e. The predicted molar refractivity (Wildman–Crippen MR) is 285 cm³/mol. The van der Waals surface area contributed by atoms with Gasteiger partial charge in [-0.05, 0) is 111 Å².